The van der Waals surface area contributed by atoms with E-state index in [0.717, 1.165) is 18.4 Å². The number of hydrogen-bond donors (Lipinski definition) is 1. The van der Waals surface area contributed by atoms with E-state index in [4.69, 9.17) is 10.00 Å². The highest BCUT2D eigenvalue weighted by molar-refractivity contribution is 7.89. The second kappa shape index (κ2) is 7.74. The van der Waals surface area contributed by atoms with Crippen molar-refractivity contribution in [1.29, 1.82) is 5.26 Å². The van der Waals surface area contributed by atoms with Gasteiger partial charge in [-0.3, -0.25) is 4.98 Å². The Morgan fingerprint density at radius 1 is 1.20 bits per heavy atom. The second-order valence-corrected chi connectivity index (χ2v) is 7.69. The summed E-state index contributed by atoms with van der Waals surface area (Å²) in [7, 11) is -3.71. The number of nitriles is 1. The van der Waals surface area contributed by atoms with Gasteiger partial charge < -0.3 is 4.74 Å². The Bertz CT molecular complexity index is 839. The Hall–Kier alpha value is -2.27. The minimum absolute atomic E-state index is 0.145. The number of nitrogens with one attached hydrogen (secondary N) is 1. The van der Waals surface area contributed by atoms with Gasteiger partial charge in [-0.1, -0.05) is 6.07 Å². The third kappa shape index (κ3) is 4.23. The number of hydrogen-bond acceptors (Lipinski definition) is 5. The molecule has 7 heteroatoms. The Morgan fingerprint density at radius 2 is 1.92 bits per heavy atom. The lowest BCUT2D eigenvalue weighted by atomic mass is 9.88. The van der Waals surface area contributed by atoms with Crippen molar-refractivity contribution in [3.05, 3.63) is 59.9 Å². The van der Waals surface area contributed by atoms with E-state index in [-0.39, 0.29) is 16.9 Å². The van der Waals surface area contributed by atoms with Crippen molar-refractivity contribution >= 4 is 10.0 Å². The Morgan fingerprint density at radius 3 is 2.52 bits per heavy atom. The Balaban J connectivity index is 1.89. The minimum Gasteiger partial charge on any atom is -0.381 e. The summed E-state index contributed by atoms with van der Waals surface area (Å²) in [6.07, 6.45) is 4.94. The zero-order valence-corrected chi connectivity index (χ0v) is 14.4. The van der Waals surface area contributed by atoms with Gasteiger partial charge in [-0.2, -0.15) is 5.26 Å². The maximum absolute atomic E-state index is 12.8. The molecule has 1 aromatic carbocycles. The maximum Gasteiger partial charge on any atom is 0.241 e. The molecule has 130 valence electrons. The van der Waals surface area contributed by atoms with E-state index in [1.54, 1.807) is 18.5 Å². The molecular formula is C18H19N3O3S. The molecule has 1 aromatic heterocycles. The van der Waals surface area contributed by atoms with E-state index in [0.29, 0.717) is 18.8 Å². The summed E-state index contributed by atoms with van der Waals surface area (Å²) < 4.78 is 33.9. The van der Waals surface area contributed by atoms with E-state index >= 15 is 0 Å². The predicted octanol–water partition coefficient (Wildman–Crippen LogP) is 2.40. The fourth-order valence-corrected chi connectivity index (χ4v) is 4.28. The second-order valence-electron chi connectivity index (χ2n) is 5.97. The predicted molar refractivity (Wildman–Crippen MR) is 92.0 cm³/mol. The highest BCUT2D eigenvalue weighted by Gasteiger charge is 2.30. The van der Waals surface area contributed by atoms with Crippen molar-refractivity contribution in [3.8, 4) is 6.07 Å². The van der Waals surface area contributed by atoms with Crippen molar-refractivity contribution in [2.75, 3.05) is 13.2 Å². The smallest absolute Gasteiger partial charge is 0.241 e. The molecule has 0 radical (unpaired) electrons. The fourth-order valence-electron chi connectivity index (χ4n) is 2.99. The molecule has 3 rings (SSSR count). The number of pyridine rings is 1. The van der Waals surface area contributed by atoms with Crippen LogP contribution in [0.5, 0.6) is 0 Å². The summed E-state index contributed by atoms with van der Waals surface area (Å²) in [5.74, 6) is 0.145. The zero-order chi connectivity index (χ0) is 17.7. The lowest BCUT2D eigenvalue weighted by molar-refractivity contribution is 0.0564. The van der Waals surface area contributed by atoms with Crippen LogP contribution in [-0.4, -0.2) is 26.6 Å². The number of sulfonamides is 1. The Labute approximate surface area is 147 Å². The Kier molecular flexibility index (Phi) is 5.43. The number of aromatic nitrogens is 1. The summed E-state index contributed by atoms with van der Waals surface area (Å²) in [4.78, 5) is 4.27. The van der Waals surface area contributed by atoms with Crippen LogP contribution in [0, 0.1) is 17.2 Å². The van der Waals surface area contributed by atoms with Gasteiger partial charge in [0, 0.05) is 25.6 Å². The lowest BCUT2D eigenvalue weighted by Gasteiger charge is -2.31. The average molecular weight is 357 g/mol. The number of benzene rings is 1. The topological polar surface area (TPSA) is 92.1 Å². The van der Waals surface area contributed by atoms with E-state index in [9.17, 15) is 8.42 Å². The van der Waals surface area contributed by atoms with E-state index in [1.165, 1.54) is 24.3 Å². The summed E-state index contributed by atoms with van der Waals surface area (Å²) in [5.41, 5.74) is 1.26. The molecular weight excluding hydrogens is 338 g/mol. The van der Waals surface area contributed by atoms with Gasteiger partial charge >= 0.3 is 0 Å². The highest BCUT2D eigenvalue weighted by atomic mass is 32.2. The summed E-state index contributed by atoms with van der Waals surface area (Å²) in [5, 5.41) is 8.86. The highest BCUT2D eigenvalue weighted by Crippen LogP contribution is 2.31. The first-order valence-electron chi connectivity index (χ1n) is 8.10. The first kappa shape index (κ1) is 17.5. The first-order chi connectivity index (χ1) is 12.1. The van der Waals surface area contributed by atoms with Crippen LogP contribution in [0.25, 0.3) is 0 Å². The molecule has 0 bridgehead atoms. The van der Waals surface area contributed by atoms with Crippen molar-refractivity contribution in [1.82, 2.24) is 9.71 Å². The third-order valence-electron chi connectivity index (χ3n) is 4.36. The van der Waals surface area contributed by atoms with Crippen molar-refractivity contribution in [2.45, 2.75) is 23.8 Å². The summed E-state index contributed by atoms with van der Waals surface area (Å²) in [6.45, 7) is 1.25. The quantitative estimate of drug-likeness (QED) is 0.887. The van der Waals surface area contributed by atoms with Crippen LogP contribution in [0.4, 0.5) is 0 Å². The van der Waals surface area contributed by atoms with Gasteiger partial charge in [0.25, 0.3) is 0 Å². The van der Waals surface area contributed by atoms with Gasteiger partial charge in [0.2, 0.25) is 10.0 Å². The summed E-state index contributed by atoms with van der Waals surface area (Å²) in [6, 6.07) is 11.2. The van der Waals surface area contributed by atoms with E-state index in [1.807, 2.05) is 12.1 Å². The van der Waals surface area contributed by atoms with E-state index in [2.05, 4.69) is 9.71 Å². The van der Waals surface area contributed by atoms with Gasteiger partial charge in [0.05, 0.1) is 22.6 Å². The average Bonchev–Trinajstić information content (AvgIpc) is 2.67. The SMILES string of the molecule is N#Cc1ccc(S(=O)(=O)NC(c2cccnc2)C2CCOCC2)cc1. The fraction of sp³-hybridized carbons (Fsp3) is 0.333. The molecule has 0 aliphatic carbocycles. The van der Waals surface area contributed by atoms with Gasteiger partial charge in [-0.25, -0.2) is 13.1 Å². The number of ether oxygens (including phenoxy) is 1. The molecule has 1 N–H and O–H groups in total. The maximum atomic E-state index is 12.8. The van der Waals surface area contributed by atoms with Gasteiger partial charge in [-0.15, -0.1) is 0 Å². The standard InChI is InChI=1S/C18H19N3O3S/c19-12-14-3-5-17(6-4-14)25(22,23)21-18(15-7-10-24-11-8-15)16-2-1-9-20-13-16/h1-6,9,13,15,18,21H,7-8,10-11H2. The largest absolute Gasteiger partial charge is 0.381 e. The number of nitrogens with zero attached hydrogens (tertiary/aromatic N) is 2. The van der Waals surface area contributed by atoms with Crippen LogP contribution in [0.3, 0.4) is 0 Å². The van der Waals surface area contributed by atoms with Crippen LogP contribution >= 0.6 is 0 Å². The molecule has 1 aliphatic rings. The summed E-state index contributed by atoms with van der Waals surface area (Å²) >= 11 is 0. The van der Waals surface area contributed by atoms with Gasteiger partial charge in [0.1, 0.15) is 0 Å². The monoisotopic (exact) mass is 357 g/mol. The van der Waals surface area contributed by atoms with Crippen LogP contribution in [0.15, 0.2) is 53.7 Å². The van der Waals surface area contributed by atoms with Crippen LogP contribution in [0.2, 0.25) is 0 Å². The van der Waals surface area contributed by atoms with Crippen molar-refractivity contribution < 1.29 is 13.2 Å². The molecule has 0 spiro atoms. The molecule has 2 aromatic rings. The molecule has 2 heterocycles. The molecule has 1 saturated heterocycles. The molecule has 0 amide bonds. The molecule has 1 aliphatic heterocycles. The molecule has 6 nitrogen and oxygen atoms in total. The first-order valence-corrected chi connectivity index (χ1v) is 9.58. The van der Waals surface area contributed by atoms with Gasteiger partial charge in [-0.05, 0) is 54.7 Å². The minimum atomic E-state index is -3.71. The number of rotatable bonds is 5. The molecule has 1 unspecified atom stereocenters. The third-order valence-corrected chi connectivity index (χ3v) is 5.81. The van der Waals surface area contributed by atoms with Gasteiger partial charge in [0.15, 0.2) is 0 Å². The van der Waals surface area contributed by atoms with Crippen LogP contribution in [0.1, 0.15) is 30.0 Å². The van der Waals surface area contributed by atoms with E-state index < -0.39 is 10.0 Å². The van der Waals surface area contributed by atoms with Crippen LogP contribution in [-0.2, 0) is 14.8 Å². The normalized spacial score (nSPS) is 16.9. The van der Waals surface area contributed by atoms with Crippen molar-refractivity contribution in [2.24, 2.45) is 5.92 Å². The van der Waals surface area contributed by atoms with Crippen molar-refractivity contribution in [3.63, 3.8) is 0 Å². The van der Waals surface area contributed by atoms with Crippen LogP contribution < -0.4 is 4.72 Å². The lowest BCUT2D eigenvalue weighted by Crippen LogP contribution is -2.36. The molecule has 25 heavy (non-hydrogen) atoms. The molecule has 1 fully saturated rings. The zero-order valence-electron chi connectivity index (χ0n) is 13.6. The molecule has 1 atom stereocenters. The molecule has 0 saturated carbocycles.